The highest BCUT2D eigenvalue weighted by Gasteiger charge is 2.19. The third-order valence-electron chi connectivity index (χ3n) is 3.19. The van der Waals surface area contributed by atoms with Crippen molar-refractivity contribution in [1.82, 2.24) is 9.13 Å². The molecule has 1 rings (SSSR count). The van der Waals surface area contributed by atoms with E-state index < -0.39 is 11.2 Å². The van der Waals surface area contributed by atoms with Gasteiger partial charge in [-0.25, -0.2) is 4.79 Å². The van der Waals surface area contributed by atoms with Crippen molar-refractivity contribution < 1.29 is 5.11 Å². The lowest BCUT2D eigenvalue weighted by Crippen LogP contribution is -2.44. The quantitative estimate of drug-likeness (QED) is 0.720. The van der Waals surface area contributed by atoms with Crippen molar-refractivity contribution in [1.29, 1.82) is 0 Å². The van der Waals surface area contributed by atoms with Gasteiger partial charge in [0.25, 0.3) is 5.56 Å². The van der Waals surface area contributed by atoms with Crippen LogP contribution in [0.15, 0.2) is 9.59 Å². The molecular weight excluding hydrogens is 260 g/mol. The Labute approximate surface area is 118 Å². The van der Waals surface area contributed by atoms with E-state index in [2.05, 4.69) is 0 Å². The highest BCUT2D eigenvalue weighted by atomic mass is 16.3. The van der Waals surface area contributed by atoms with E-state index >= 15 is 0 Å². The maximum absolute atomic E-state index is 12.3. The smallest absolute Gasteiger partial charge is 0.332 e. The molecule has 0 aliphatic rings. The van der Waals surface area contributed by atoms with Crippen molar-refractivity contribution in [3.8, 4) is 0 Å². The van der Waals surface area contributed by atoms with Gasteiger partial charge >= 0.3 is 5.69 Å². The summed E-state index contributed by atoms with van der Waals surface area (Å²) in [6, 6.07) is 0. The second-order valence-corrected chi connectivity index (χ2v) is 4.74. The standard InChI is InChI=1S/C13H24N4O3/c1-4-6-16(8-9-18)10-11(14)17(7-5-2)13(20)15(3)12(10)19/h18H,4-9,14H2,1-3H3. The van der Waals surface area contributed by atoms with Crippen molar-refractivity contribution in [2.24, 2.45) is 7.05 Å². The van der Waals surface area contributed by atoms with Crippen LogP contribution < -0.4 is 21.9 Å². The summed E-state index contributed by atoms with van der Waals surface area (Å²) < 4.78 is 2.48. The maximum atomic E-state index is 12.3. The molecule has 3 N–H and O–H groups in total. The number of anilines is 2. The molecule has 0 atom stereocenters. The Morgan fingerprint density at radius 3 is 2.35 bits per heavy atom. The lowest BCUT2D eigenvalue weighted by atomic mass is 10.3. The van der Waals surface area contributed by atoms with Gasteiger partial charge in [-0.1, -0.05) is 13.8 Å². The zero-order chi connectivity index (χ0) is 15.3. The molecule has 0 saturated carbocycles. The second-order valence-electron chi connectivity index (χ2n) is 4.74. The number of nitrogens with two attached hydrogens (primary N) is 1. The number of rotatable bonds is 7. The molecule has 0 aromatic carbocycles. The Morgan fingerprint density at radius 1 is 1.20 bits per heavy atom. The van der Waals surface area contributed by atoms with E-state index in [-0.39, 0.29) is 12.4 Å². The Kier molecular flexibility index (Phi) is 5.82. The Morgan fingerprint density at radius 2 is 1.85 bits per heavy atom. The third kappa shape index (κ3) is 3.04. The largest absolute Gasteiger partial charge is 0.395 e. The first-order valence-electron chi connectivity index (χ1n) is 6.94. The fourth-order valence-corrected chi connectivity index (χ4v) is 2.23. The molecule has 1 heterocycles. The summed E-state index contributed by atoms with van der Waals surface area (Å²) in [4.78, 5) is 26.1. The molecule has 0 spiro atoms. The molecule has 0 saturated heterocycles. The molecule has 1 aromatic heterocycles. The van der Waals surface area contributed by atoms with Gasteiger partial charge in [0.15, 0.2) is 0 Å². The molecule has 0 bridgehead atoms. The van der Waals surface area contributed by atoms with Gasteiger partial charge in [0.2, 0.25) is 0 Å². The molecule has 20 heavy (non-hydrogen) atoms. The van der Waals surface area contributed by atoms with Crippen molar-refractivity contribution in [3.63, 3.8) is 0 Å². The zero-order valence-electron chi connectivity index (χ0n) is 12.4. The number of nitrogen functional groups attached to an aromatic ring is 1. The summed E-state index contributed by atoms with van der Waals surface area (Å²) in [7, 11) is 1.45. The minimum Gasteiger partial charge on any atom is -0.395 e. The number of aliphatic hydroxyl groups excluding tert-OH is 1. The molecule has 114 valence electrons. The van der Waals surface area contributed by atoms with Crippen LogP contribution in [0.25, 0.3) is 0 Å². The summed E-state index contributed by atoms with van der Waals surface area (Å²) in [5.74, 6) is 0.182. The Hall–Kier alpha value is -1.76. The minimum atomic E-state index is -0.415. The predicted octanol–water partition coefficient (Wildman–Crippen LogP) is -0.252. The monoisotopic (exact) mass is 284 g/mol. The molecule has 0 radical (unpaired) electrons. The number of nitrogens with zero attached hydrogens (tertiary/aromatic N) is 3. The van der Waals surface area contributed by atoms with Gasteiger partial charge in [-0.3, -0.25) is 13.9 Å². The van der Waals surface area contributed by atoms with E-state index in [0.29, 0.717) is 25.3 Å². The maximum Gasteiger partial charge on any atom is 0.332 e. The predicted molar refractivity (Wildman–Crippen MR) is 80.2 cm³/mol. The molecule has 0 fully saturated rings. The first-order chi connectivity index (χ1) is 9.49. The number of hydrogen-bond acceptors (Lipinski definition) is 5. The van der Waals surface area contributed by atoms with Gasteiger partial charge < -0.3 is 15.7 Å². The van der Waals surface area contributed by atoms with Crippen LogP contribution in [0.5, 0.6) is 0 Å². The van der Waals surface area contributed by atoms with Crippen molar-refractivity contribution in [3.05, 3.63) is 20.8 Å². The van der Waals surface area contributed by atoms with Crippen LogP contribution >= 0.6 is 0 Å². The molecular formula is C13H24N4O3. The molecule has 0 amide bonds. The lowest BCUT2D eigenvalue weighted by Gasteiger charge is -2.25. The first-order valence-corrected chi connectivity index (χ1v) is 6.94. The number of aliphatic hydroxyl groups is 1. The highest BCUT2D eigenvalue weighted by Crippen LogP contribution is 2.17. The van der Waals surface area contributed by atoms with E-state index in [0.717, 1.165) is 17.4 Å². The van der Waals surface area contributed by atoms with Crippen LogP contribution in [0.3, 0.4) is 0 Å². The fraction of sp³-hybridized carbons (Fsp3) is 0.692. The average Bonchev–Trinajstić information content (AvgIpc) is 2.42. The van der Waals surface area contributed by atoms with Gasteiger partial charge in [-0.2, -0.15) is 0 Å². The topological polar surface area (TPSA) is 93.5 Å². The molecule has 1 aromatic rings. The van der Waals surface area contributed by atoms with Crippen LogP contribution in [0.2, 0.25) is 0 Å². The van der Waals surface area contributed by atoms with Crippen LogP contribution in [-0.4, -0.2) is 33.9 Å². The highest BCUT2D eigenvalue weighted by molar-refractivity contribution is 5.62. The van der Waals surface area contributed by atoms with E-state index in [4.69, 9.17) is 10.8 Å². The third-order valence-corrected chi connectivity index (χ3v) is 3.19. The van der Waals surface area contributed by atoms with Crippen LogP contribution in [0.1, 0.15) is 26.7 Å². The molecule has 7 heteroatoms. The molecule has 0 aliphatic carbocycles. The lowest BCUT2D eigenvalue weighted by molar-refractivity contribution is 0.301. The van der Waals surface area contributed by atoms with Crippen LogP contribution in [0.4, 0.5) is 11.5 Å². The Balaban J connectivity index is 3.51. The van der Waals surface area contributed by atoms with Crippen molar-refractivity contribution in [2.75, 3.05) is 30.3 Å². The minimum absolute atomic E-state index is 0.0739. The number of hydrogen-bond donors (Lipinski definition) is 2. The van der Waals surface area contributed by atoms with E-state index in [1.54, 1.807) is 4.90 Å². The fourth-order valence-electron chi connectivity index (χ4n) is 2.23. The summed E-state index contributed by atoms with van der Waals surface area (Å²) in [5, 5.41) is 9.14. The van der Waals surface area contributed by atoms with Crippen LogP contribution in [0, 0.1) is 0 Å². The Bertz CT molecular complexity index is 556. The van der Waals surface area contributed by atoms with Gasteiger partial charge in [0.1, 0.15) is 11.5 Å². The van der Waals surface area contributed by atoms with Gasteiger partial charge in [0, 0.05) is 26.7 Å². The van der Waals surface area contributed by atoms with Crippen molar-refractivity contribution >= 4 is 11.5 Å². The van der Waals surface area contributed by atoms with Gasteiger partial charge in [-0.15, -0.1) is 0 Å². The molecule has 0 unspecified atom stereocenters. The van der Waals surface area contributed by atoms with Crippen LogP contribution in [-0.2, 0) is 13.6 Å². The summed E-state index contributed by atoms with van der Waals surface area (Å²) >= 11 is 0. The molecule has 0 aliphatic heterocycles. The first kappa shape index (κ1) is 16.3. The summed E-state index contributed by atoms with van der Waals surface area (Å²) in [6.07, 6.45) is 1.56. The normalized spacial score (nSPS) is 10.8. The van der Waals surface area contributed by atoms with E-state index in [1.807, 2.05) is 13.8 Å². The molecule has 7 nitrogen and oxygen atoms in total. The van der Waals surface area contributed by atoms with Crippen molar-refractivity contribution in [2.45, 2.75) is 33.2 Å². The van der Waals surface area contributed by atoms with Gasteiger partial charge in [0.05, 0.1) is 6.61 Å². The summed E-state index contributed by atoms with van der Waals surface area (Å²) in [5.41, 5.74) is 5.51. The summed E-state index contributed by atoms with van der Waals surface area (Å²) in [6.45, 7) is 5.23. The average molecular weight is 284 g/mol. The second kappa shape index (κ2) is 7.14. The van der Waals surface area contributed by atoms with E-state index in [9.17, 15) is 9.59 Å². The number of aromatic nitrogens is 2. The SMILES string of the molecule is CCCN(CCO)c1c(N)n(CCC)c(=O)n(C)c1=O. The zero-order valence-corrected chi connectivity index (χ0v) is 12.4. The van der Waals surface area contributed by atoms with E-state index in [1.165, 1.54) is 11.6 Å². The van der Waals surface area contributed by atoms with Gasteiger partial charge in [-0.05, 0) is 12.8 Å².